The molecule has 5 nitrogen and oxygen atoms in total. The van der Waals surface area contributed by atoms with E-state index in [4.69, 9.17) is 39.8 Å². The van der Waals surface area contributed by atoms with Crippen LogP contribution in [0.3, 0.4) is 0 Å². The Morgan fingerprint density at radius 1 is 1.27 bits per heavy atom. The number of rotatable bonds is 5. The third-order valence-electron chi connectivity index (χ3n) is 3.96. The largest absolute Gasteiger partial charge is 0.467 e. The van der Waals surface area contributed by atoms with Gasteiger partial charge in [0, 0.05) is 10.0 Å². The molecule has 0 amide bonds. The van der Waals surface area contributed by atoms with E-state index < -0.39 is 0 Å². The van der Waals surface area contributed by atoms with Gasteiger partial charge in [-0.3, -0.25) is 4.68 Å². The van der Waals surface area contributed by atoms with Crippen LogP contribution in [0.1, 0.15) is 22.7 Å². The van der Waals surface area contributed by atoms with Crippen molar-refractivity contribution in [2.24, 2.45) is 0 Å². The summed E-state index contributed by atoms with van der Waals surface area (Å²) >= 11 is 17.6. The van der Waals surface area contributed by atoms with Gasteiger partial charge in [0.2, 0.25) is 0 Å². The van der Waals surface area contributed by atoms with Gasteiger partial charge in [-0.2, -0.15) is 5.10 Å². The lowest BCUT2D eigenvalue weighted by Crippen LogP contribution is -2.28. The minimum atomic E-state index is 0.511. The number of nitrogens with zero attached hydrogens (tertiary/aromatic N) is 2. The van der Waals surface area contributed by atoms with Gasteiger partial charge in [-0.15, -0.1) is 0 Å². The molecule has 0 bridgehead atoms. The highest BCUT2D eigenvalue weighted by atomic mass is 35.5. The lowest BCUT2D eigenvalue weighted by atomic mass is 10.2. The number of thiocarbonyl (C=S) groups is 1. The van der Waals surface area contributed by atoms with Crippen LogP contribution in [0, 0.1) is 13.8 Å². The maximum atomic E-state index is 6.27. The molecule has 0 saturated heterocycles. The smallest absolute Gasteiger partial charge is 0.171 e. The van der Waals surface area contributed by atoms with E-state index in [1.54, 1.807) is 12.3 Å². The fourth-order valence-corrected chi connectivity index (χ4v) is 3.22. The SMILES string of the molecule is Cc1nn(Cc2ccc(Cl)cc2Cl)c(C)c1NC(=S)NCc1ccco1. The van der Waals surface area contributed by atoms with E-state index in [2.05, 4.69) is 15.7 Å². The third-order valence-corrected chi connectivity index (χ3v) is 4.79. The van der Waals surface area contributed by atoms with Gasteiger partial charge in [0.1, 0.15) is 5.76 Å². The number of aromatic nitrogens is 2. The van der Waals surface area contributed by atoms with Crippen LogP contribution in [0.4, 0.5) is 5.69 Å². The molecule has 0 aliphatic heterocycles. The number of hydrogen-bond donors (Lipinski definition) is 2. The summed E-state index contributed by atoms with van der Waals surface area (Å²) in [5.41, 5.74) is 3.66. The standard InChI is InChI=1S/C18H18Cl2N4OS/c1-11-17(22-18(26)21-9-15-4-3-7-25-15)12(2)24(23-11)10-13-5-6-14(19)8-16(13)20/h3-8H,9-10H2,1-2H3,(H2,21,22,26). The normalized spacial score (nSPS) is 10.8. The average Bonchev–Trinajstić information content (AvgIpc) is 3.20. The monoisotopic (exact) mass is 408 g/mol. The fourth-order valence-electron chi connectivity index (χ4n) is 2.58. The first-order valence-corrected chi connectivity index (χ1v) is 9.15. The van der Waals surface area contributed by atoms with Gasteiger partial charge < -0.3 is 15.1 Å². The van der Waals surface area contributed by atoms with E-state index in [0.717, 1.165) is 28.4 Å². The number of halogens is 2. The molecular weight excluding hydrogens is 391 g/mol. The summed E-state index contributed by atoms with van der Waals surface area (Å²) in [6.07, 6.45) is 1.63. The first-order valence-electron chi connectivity index (χ1n) is 7.99. The first-order chi connectivity index (χ1) is 12.4. The molecule has 26 heavy (non-hydrogen) atoms. The Kier molecular flexibility index (Phi) is 5.86. The van der Waals surface area contributed by atoms with Crippen LogP contribution in [-0.4, -0.2) is 14.9 Å². The highest BCUT2D eigenvalue weighted by Gasteiger charge is 2.14. The number of nitrogens with one attached hydrogen (secondary N) is 2. The molecule has 0 aliphatic rings. The lowest BCUT2D eigenvalue weighted by molar-refractivity contribution is 0.503. The number of furan rings is 1. The molecule has 136 valence electrons. The van der Waals surface area contributed by atoms with Crippen molar-refractivity contribution in [3.63, 3.8) is 0 Å². The maximum absolute atomic E-state index is 6.27. The van der Waals surface area contributed by atoms with E-state index >= 15 is 0 Å². The molecule has 0 fully saturated rings. The van der Waals surface area contributed by atoms with E-state index in [0.29, 0.717) is 28.2 Å². The van der Waals surface area contributed by atoms with Crippen LogP contribution in [0.5, 0.6) is 0 Å². The molecule has 3 aromatic rings. The van der Waals surface area contributed by atoms with E-state index in [-0.39, 0.29) is 0 Å². The first kappa shape index (κ1) is 18.8. The van der Waals surface area contributed by atoms with Crippen LogP contribution in [0.25, 0.3) is 0 Å². The highest BCUT2D eigenvalue weighted by Crippen LogP contribution is 2.25. The van der Waals surface area contributed by atoms with E-state index in [9.17, 15) is 0 Å². The van der Waals surface area contributed by atoms with Crippen LogP contribution >= 0.6 is 35.4 Å². The zero-order valence-electron chi connectivity index (χ0n) is 14.3. The van der Waals surface area contributed by atoms with Crippen molar-refractivity contribution in [2.45, 2.75) is 26.9 Å². The van der Waals surface area contributed by atoms with Crippen molar-refractivity contribution in [3.8, 4) is 0 Å². The maximum Gasteiger partial charge on any atom is 0.171 e. The minimum Gasteiger partial charge on any atom is -0.467 e. The van der Waals surface area contributed by atoms with Crippen molar-refractivity contribution in [3.05, 3.63) is 69.4 Å². The fraction of sp³-hybridized carbons (Fsp3) is 0.222. The summed E-state index contributed by atoms with van der Waals surface area (Å²) in [5, 5.41) is 12.7. The molecule has 0 spiro atoms. The van der Waals surface area contributed by atoms with Crippen molar-refractivity contribution < 1.29 is 4.42 Å². The molecule has 2 aromatic heterocycles. The second-order valence-corrected chi connectivity index (χ2v) is 7.08. The minimum absolute atomic E-state index is 0.511. The van der Waals surface area contributed by atoms with Crippen LogP contribution in [-0.2, 0) is 13.1 Å². The topological polar surface area (TPSA) is 55.0 Å². The Morgan fingerprint density at radius 3 is 2.77 bits per heavy atom. The molecule has 0 unspecified atom stereocenters. The van der Waals surface area contributed by atoms with Gasteiger partial charge in [0.25, 0.3) is 0 Å². The second-order valence-electron chi connectivity index (χ2n) is 5.83. The number of anilines is 1. The molecule has 3 rings (SSSR count). The highest BCUT2D eigenvalue weighted by molar-refractivity contribution is 7.80. The summed E-state index contributed by atoms with van der Waals surface area (Å²) in [6, 6.07) is 9.19. The Hall–Kier alpha value is -2.02. The lowest BCUT2D eigenvalue weighted by Gasteiger charge is -2.11. The zero-order valence-corrected chi connectivity index (χ0v) is 16.7. The van der Waals surface area contributed by atoms with Crippen molar-refractivity contribution >= 4 is 46.2 Å². The Balaban J connectivity index is 1.70. The number of hydrogen-bond acceptors (Lipinski definition) is 3. The molecule has 0 atom stereocenters. The molecule has 0 saturated carbocycles. The average molecular weight is 409 g/mol. The zero-order chi connectivity index (χ0) is 18.7. The van der Waals surface area contributed by atoms with Crippen molar-refractivity contribution in [1.29, 1.82) is 0 Å². The molecule has 0 aliphatic carbocycles. The summed E-state index contributed by atoms with van der Waals surface area (Å²) in [7, 11) is 0. The van der Waals surface area contributed by atoms with E-state index in [1.165, 1.54) is 0 Å². The predicted octanol–water partition coefficient (Wildman–Crippen LogP) is 4.93. The van der Waals surface area contributed by atoms with E-state index in [1.807, 2.05) is 42.8 Å². The van der Waals surface area contributed by atoms with Crippen LogP contribution in [0.15, 0.2) is 41.0 Å². The van der Waals surface area contributed by atoms with Crippen LogP contribution < -0.4 is 10.6 Å². The third kappa shape index (κ3) is 4.38. The Morgan fingerprint density at radius 2 is 2.08 bits per heavy atom. The number of benzene rings is 1. The van der Waals surface area contributed by atoms with Crippen molar-refractivity contribution in [1.82, 2.24) is 15.1 Å². The molecule has 8 heteroatoms. The summed E-state index contributed by atoms with van der Waals surface area (Å²) in [4.78, 5) is 0. The number of aryl methyl sites for hydroxylation is 1. The van der Waals surface area contributed by atoms with Gasteiger partial charge in [0.05, 0.1) is 36.4 Å². The van der Waals surface area contributed by atoms with Crippen molar-refractivity contribution in [2.75, 3.05) is 5.32 Å². The molecular formula is C18H18Cl2N4OS. The summed E-state index contributed by atoms with van der Waals surface area (Å²) < 4.78 is 7.17. The van der Waals surface area contributed by atoms with Gasteiger partial charge >= 0.3 is 0 Å². The summed E-state index contributed by atoms with van der Waals surface area (Å²) in [5.74, 6) is 0.815. The molecule has 2 heterocycles. The second kappa shape index (κ2) is 8.12. The Bertz CT molecular complexity index is 922. The van der Waals surface area contributed by atoms with Crippen LogP contribution in [0.2, 0.25) is 10.0 Å². The Labute approximate surface area is 167 Å². The van der Waals surface area contributed by atoms with Gasteiger partial charge in [-0.05, 0) is 55.9 Å². The summed E-state index contributed by atoms with van der Waals surface area (Å²) in [6.45, 7) is 4.99. The van der Waals surface area contributed by atoms with Gasteiger partial charge in [-0.25, -0.2) is 0 Å². The quantitative estimate of drug-likeness (QED) is 0.585. The molecule has 2 N–H and O–H groups in total. The molecule has 1 aromatic carbocycles. The molecule has 0 radical (unpaired) electrons. The van der Waals surface area contributed by atoms with Gasteiger partial charge in [0.15, 0.2) is 5.11 Å². The van der Waals surface area contributed by atoms with Gasteiger partial charge in [-0.1, -0.05) is 29.3 Å². The predicted molar refractivity (Wildman–Crippen MR) is 109 cm³/mol.